The summed E-state index contributed by atoms with van der Waals surface area (Å²) < 4.78 is 23.8. The van der Waals surface area contributed by atoms with Crippen LogP contribution < -0.4 is 0 Å². The van der Waals surface area contributed by atoms with Crippen LogP contribution in [-0.4, -0.2) is 18.5 Å². The van der Waals surface area contributed by atoms with E-state index in [0.29, 0.717) is 6.42 Å². The maximum Gasteiger partial charge on any atom is 0.208 e. The summed E-state index contributed by atoms with van der Waals surface area (Å²) in [7, 11) is -3.56. The van der Waals surface area contributed by atoms with Gasteiger partial charge in [-0.25, -0.2) is 8.42 Å². The Morgan fingerprint density at radius 1 is 1.36 bits per heavy atom. The summed E-state index contributed by atoms with van der Waals surface area (Å²) in [6.07, 6.45) is 0.338. The van der Waals surface area contributed by atoms with Crippen LogP contribution in [0.25, 0.3) is 0 Å². The molecule has 1 fully saturated rings. The molecule has 1 saturated carbocycles. The van der Waals surface area contributed by atoms with E-state index in [1.54, 1.807) is 25.1 Å². The van der Waals surface area contributed by atoms with Crippen molar-refractivity contribution < 1.29 is 13.5 Å². The molecule has 0 spiro atoms. The largest absolute Gasteiger partial charge is 0.374 e. The fraction of sp³-hybridized carbons (Fsp3) is 0.400. The van der Waals surface area contributed by atoms with E-state index in [-0.39, 0.29) is 10.8 Å². The summed E-state index contributed by atoms with van der Waals surface area (Å²) >= 11 is 0. The molecule has 1 aromatic rings. The second kappa shape index (κ2) is 2.81. The highest BCUT2D eigenvalue weighted by Crippen LogP contribution is 2.49. The molecule has 0 bridgehead atoms. The van der Waals surface area contributed by atoms with Gasteiger partial charge in [-0.05, 0) is 18.6 Å². The molecule has 1 aliphatic rings. The number of rotatable bonds is 2. The van der Waals surface area contributed by atoms with Crippen molar-refractivity contribution in [2.75, 3.05) is 0 Å². The topological polar surface area (TPSA) is 54.4 Å². The van der Waals surface area contributed by atoms with Crippen molar-refractivity contribution in [3.63, 3.8) is 0 Å². The molecule has 0 heterocycles. The van der Waals surface area contributed by atoms with Crippen molar-refractivity contribution in [3.8, 4) is 0 Å². The number of sulfone groups is 1. The third kappa shape index (κ3) is 1.18. The molecule has 1 N–H and O–H groups in total. The summed E-state index contributed by atoms with van der Waals surface area (Å²) in [5.74, 6) is -0.160. The molecule has 0 saturated heterocycles. The van der Waals surface area contributed by atoms with Crippen molar-refractivity contribution in [1.82, 2.24) is 0 Å². The van der Waals surface area contributed by atoms with E-state index in [0.717, 1.165) is 0 Å². The number of hydrogen-bond acceptors (Lipinski definition) is 3. The zero-order valence-electron chi connectivity index (χ0n) is 7.84. The zero-order valence-corrected chi connectivity index (χ0v) is 8.66. The minimum absolute atomic E-state index is 0.160. The maximum atomic E-state index is 11.9. The van der Waals surface area contributed by atoms with Gasteiger partial charge in [-0.1, -0.05) is 25.1 Å². The van der Waals surface area contributed by atoms with Crippen molar-refractivity contribution in [3.05, 3.63) is 30.3 Å². The van der Waals surface area contributed by atoms with Crippen LogP contribution in [0.2, 0.25) is 0 Å². The van der Waals surface area contributed by atoms with Crippen LogP contribution in [0.15, 0.2) is 35.2 Å². The van der Waals surface area contributed by atoms with Gasteiger partial charge in [0.2, 0.25) is 9.84 Å². The Morgan fingerprint density at radius 2 is 1.86 bits per heavy atom. The average molecular weight is 212 g/mol. The summed E-state index contributed by atoms with van der Waals surface area (Å²) in [6, 6.07) is 8.09. The van der Waals surface area contributed by atoms with Crippen LogP contribution >= 0.6 is 0 Å². The molecule has 76 valence electrons. The Hall–Kier alpha value is -0.870. The van der Waals surface area contributed by atoms with Gasteiger partial charge in [0.1, 0.15) is 0 Å². The Kier molecular flexibility index (Phi) is 1.94. The number of hydrogen-bond donors (Lipinski definition) is 1. The summed E-state index contributed by atoms with van der Waals surface area (Å²) in [6.45, 7) is 1.74. The standard InChI is InChI=1S/C10H12O3S/c1-8-7-10(8,11)14(12,13)9-5-3-2-4-6-9/h2-6,8,11H,7H2,1H3/t8-,10-/m0/s1. The molecule has 3 nitrogen and oxygen atoms in total. The van der Waals surface area contributed by atoms with E-state index in [2.05, 4.69) is 0 Å². The van der Waals surface area contributed by atoms with Gasteiger partial charge in [0, 0.05) is 5.92 Å². The molecule has 4 heteroatoms. The van der Waals surface area contributed by atoms with Gasteiger partial charge >= 0.3 is 0 Å². The first-order valence-corrected chi connectivity index (χ1v) is 5.99. The van der Waals surface area contributed by atoms with Crippen LogP contribution in [0.1, 0.15) is 13.3 Å². The first kappa shape index (κ1) is 9.68. The van der Waals surface area contributed by atoms with E-state index < -0.39 is 14.8 Å². The van der Waals surface area contributed by atoms with Gasteiger partial charge in [-0.15, -0.1) is 0 Å². The quantitative estimate of drug-likeness (QED) is 0.801. The molecule has 1 aliphatic carbocycles. The smallest absolute Gasteiger partial charge is 0.208 e. The fourth-order valence-electron chi connectivity index (χ4n) is 1.56. The minimum atomic E-state index is -3.56. The van der Waals surface area contributed by atoms with Gasteiger partial charge in [0.05, 0.1) is 4.90 Å². The molecule has 2 atom stereocenters. The minimum Gasteiger partial charge on any atom is -0.374 e. The van der Waals surface area contributed by atoms with E-state index in [9.17, 15) is 13.5 Å². The zero-order chi connectivity index (χ0) is 10.4. The van der Waals surface area contributed by atoms with Gasteiger partial charge in [-0.3, -0.25) is 0 Å². The highest BCUT2D eigenvalue weighted by Gasteiger charge is 2.60. The lowest BCUT2D eigenvalue weighted by atomic mass is 10.4. The van der Waals surface area contributed by atoms with Gasteiger partial charge in [0.15, 0.2) is 4.93 Å². The summed E-state index contributed by atoms with van der Waals surface area (Å²) in [4.78, 5) is -1.32. The molecule has 2 rings (SSSR count). The SMILES string of the molecule is C[C@H]1C[C@]1(O)S(=O)(=O)c1ccccc1. The molecular formula is C10H12O3S. The maximum absolute atomic E-state index is 11.9. The van der Waals surface area contributed by atoms with Crippen LogP contribution in [0.4, 0.5) is 0 Å². The van der Waals surface area contributed by atoms with E-state index in [4.69, 9.17) is 0 Å². The summed E-state index contributed by atoms with van der Waals surface area (Å²) in [5, 5.41) is 9.79. The van der Waals surface area contributed by atoms with Crippen LogP contribution in [0, 0.1) is 5.92 Å². The number of benzene rings is 1. The Bertz CT molecular complexity index is 438. The molecular weight excluding hydrogens is 200 g/mol. The molecule has 0 amide bonds. The fourth-order valence-corrected chi connectivity index (χ4v) is 3.48. The van der Waals surface area contributed by atoms with E-state index >= 15 is 0 Å². The molecule has 0 radical (unpaired) electrons. The molecule has 1 aromatic carbocycles. The molecule has 0 aliphatic heterocycles. The van der Waals surface area contributed by atoms with Crippen molar-refractivity contribution in [2.24, 2.45) is 5.92 Å². The lowest BCUT2D eigenvalue weighted by Crippen LogP contribution is -2.24. The molecule has 14 heavy (non-hydrogen) atoms. The molecule has 0 unspecified atom stereocenters. The monoisotopic (exact) mass is 212 g/mol. The lowest BCUT2D eigenvalue weighted by Gasteiger charge is -2.10. The van der Waals surface area contributed by atoms with E-state index in [1.165, 1.54) is 12.1 Å². The van der Waals surface area contributed by atoms with Crippen LogP contribution in [0.3, 0.4) is 0 Å². The second-order valence-electron chi connectivity index (χ2n) is 3.77. The van der Waals surface area contributed by atoms with E-state index in [1.807, 2.05) is 0 Å². The third-order valence-corrected chi connectivity index (χ3v) is 5.12. The van der Waals surface area contributed by atoms with Crippen molar-refractivity contribution in [1.29, 1.82) is 0 Å². The third-order valence-electron chi connectivity index (χ3n) is 2.73. The predicted molar refractivity (Wildman–Crippen MR) is 52.4 cm³/mol. The Labute approximate surface area is 83.3 Å². The van der Waals surface area contributed by atoms with Crippen molar-refractivity contribution >= 4 is 9.84 Å². The van der Waals surface area contributed by atoms with Gasteiger partial charge in [-0.2, -0.15) is 0 Å². The van der Waals surface area contributed by atoms with Gasteiger partial charge < -0.3 is 5.11 Å². The predicted octanol–water partition coefficient (Wildman–Crippen LogP) is 1.19. The first-order valence-electron chi connectivity index (χ1n) is 4.50. The Balaban J connectivity index is 2.45. The summed E-state index contributed by atoms with van der Waals surface area (Å²) in [5.41, 5.74) is 0. The highest BCUT2D eigenvalue weighted by molar-refractivity contribution is 7.93. The van der Waals surface area contributed by atoms with Gasteiger partial charge in [0.25, 0.3) is 0 Å². The lowest BCUT2D eigenvalue weighted by molar-refractivity contribution is 0.214. The van der Waals surface area contributed by atoms with Crippen LogP contribution in [-0.2, 0) is 9.84 Å². The molecule has 0 aromatic heterocycles. The van der Waals surface area contributed by atoms with Crippen LogP contribution in [0.5, 0.6) is 0 Å². The first-order chi connectivity index (χ1) is 6.48. The van der Waals surface area contributed by atoms with Crippen molar-refractivity contribution in [2.45, 2.75) is 23.2 Å². The Morgan fingerprint density at radius 3 is 2.29 bits per heavy atom. The average Bonchev–Trinajstić information content (AvgIpc) is 2.78. The number of aliphatic hydroxyl groups is 1. The second-order valence-corrected chi connectivity index (χ2v) is 5.95. The highest BCUT2D eigenvalue weighted by atomic mass is 32.2. The normalized spacial score (nSPS) is 31.4.